The lowest BCUT2D eigenvalue weighted by atomic mass is 10.0. The number of likely N-dealkylation sites (N-methyl/N-ethyl adjacent to an activating group) is 1. The molecule has 0 aromatic rings. The van der Waals surface area contributed by atoms with E-state index in [0.717, 1.165) is 109 Å². The molecule has 0 aliphatic rings. The maximum Gasteiger partial charge on any atom is 0.472 e. The maximum atomic E-state index is 12.8. The maximum absolute atomic E-state index is 12.8. The minimum absolute atomic E-state index is 0.0270. The molecule has 2 unspecified atom stereocenters. The van der Waals surface area contributed by atoms with Gasteiger partial charge in [0, 0.05) is 12.8 Å². The normalized spacial score (nSPS) is 14.2. The van der Waals surface area contributed by atoms with Crippen LogP contribution in [-0.2, 0) is 32.7 Å². The summed E-state index contributed by atoms with van der Waals surface area (Å²) >= 11 is 0. The minimum atomic E-state index is -4.38. The van der Waals surface area contributed by atoms with Crippen LogP contribution in [0.25, 0.3) is 0 Å². The fraction of sp³-hybridized carbons (Fsp3) is 0.656. The zero-order valence-electron chi connectivity index (χ0n) is 47.8. The number of carbonyl (C=O) groups excluding carboxylic acids is 2. The highest BCUT2D eigenvalue weighted by molar-refractivity contribution is 7.47. The van der Waals surface area contributed by atoms with E-state index in [1.54, 1.807) is 0 Å². The highest BCUT2D eigenvalue weighted by atomic mass is 31.2. The minimum Gasteiger partial charge on any atom is -0.462 e. The SMILES string of the molecule is CC/C=C\C/C=C\C/C=C\C/C=C\C/C=C\C/C=C\C/C=C\C/C=C\C/C=C\C/C=C\CCCCCCCCCCCCC(=O)OC(COC(=O)CCCCCCCCCCC)COP(=O)(O)OCC[N+](C)(C)C. The van der Waals surface area contributed by atoms with Crippen molar-refractivity contribution in [2.75, 3.05) is 47.5 Å². The van der Waals surface area contributed by atoms with E-state index in [2.05, 4.69) is 135 Å². The number of phosphoric ester groups is 1. The molecule has 0 aliphatic heterocycles. The molecule has 0 saturated carbocycles. The molecule has 9 nitrogen and oxygen atoms in total. The molecule has 10 heteroatoms. The fourth-order valence-corrected chi connectivity index (χ4v) is 8.25. The number of carbonyl (C=O) groups is 2. The van der Waals surface area contributed by atoms with Gasteiger partial charge < -0.3 is 18.9 Å². The van der Waals surface area contributed by atoms with Gasteiger partial charge in [0.2, 0.25) is 0 Å². The van der Waals surface area contributed by atoms with Crippen LogP contribution in [0.4, 0.5) is 0 Å². The molecule has 422 valence electrons. The van der Waals surface area contributed by atoms with E-state index < -0.39 is 26.5 Å². The average molecular weight is 1050 g/mol. The number of esters is 2. The predicted octanol–water partition coefficient (Wildman–Crippen LogP) is 18.4. The van der Waals surface area contributed by atoms with Gasteiger partial charge in [-0.15, -0.1) is 0 Å². The fourth-order valence-electron chi connectivity index (χ4n) is 7.51. The molecule has 0 amide bonds. The summed E-state index contributed by atoms with van der Waals surface area (Å²) in [5, 5.41) is 0. The van der Waals surface area contributed by atoms with Gasteiger partial charge in [-0.25, -0.2) is 4.57 Å². The van der Waals surface area contributed by atoms with Crippen molar-refractivity contribution < 1.29 is 42.1 Å². The smallest absolute Gasteiger partial charge is 0.462 e. The first kappa shape index (κ1) is 70.4. The van der Waals surface area contributed by atoms with Crippen molar-refractivity contribution in [3.8, 4) is 0 Å². The second kappa shape index (κ2) is 54.2. The standard InChI is InChI=1S/C64H108NO8P/c1-6-8-10-12-14-16-17-18-19-20-21-22-23-24-25-26-27-28-29-30-31-32-33-34-35-36-37-38-39-40-41-42-43-44-45-46-47-49-51-53-55-57-64(67)73-62(61-72-74(68,69)71-59-58-65(3,4)5)60-70-63(66)56-54-52-50-48-15-13-11-9-7-2/h8,10,14,16,18-19,21-22,24-25,27-28,30-31,33-34,36-37,39-40,62H,6-7,9,11-13,15,17,20,23,26,29,32,35,38,41-61H2,1-5H3/p+1/b10-8-,16-14-,19-18-,22-21-,25-24-,28-27-,31-30-,34-33-,37-36-,40-39-. The summed E-state index contributed by atoms with van der Waals surface area (Å²) in [6, 6.07) is 0. The summed E-state index contributed by atoms with van der Waals surface area (Å²) < 4.78 is 34.4. The zero-order valence-corrected chi connectivity index (χ0v) is 48.7. The quantitative estimate of drug-likeness (QED) is 0.0211. The van der Waals surface area contributed by atoms with Gasteiger partial charge in [-0.2, -0.15) is 0 Å². The van der Waals surface area contributed by atoms with E-state index in [9.17, 15) is 19.0 Å². The second-order valence-electron chi connectivity index (χ2n) is 20.3. The molecule has 1 N–H and O–H groups in total. The third-order valence-corrected chi connectivity index (χ3v) is 13.0. The largest absolute Gasteiger partial charge is 0.472 e. The Morgan fingerprint density at radius 3 is 1.15 bits per heavy atom. The lowest BCUT2D eigenvalue weighted by Crippen LogP contribution is -2.37. The molecule has 74 heavy (non-hydrogen) atoms. The van der Waals surface area contributed by atoms with Gasteiger partial charge in [0.1, 0.15) is 19.8 Å². The summed E-state index contributed by atoms with van der Waals surface area (Å²) in [6.07, 6.45) is 77.2. The number of allylic oxidation sites excluding steroid dienone is 20. The molecule has 0 aliphatic carbocycles. The van der Waals surface area contributed by atoms with E-state index in [1.807, 2.05) is 21.1 Å². The molecule has 2 atom stereocenters. The van der Waals surface area contributed by atoms with Crippen LogP contribution in [0.5, 0.6) is 0 Å². The van der Waals surface area contributed by atoms with Crippen molar-refractivity contribution in [1.82, 2.24) is 0 Å². The van der Waals surface area contributed by atoms with Crippen LogP contribution in [0, 0.1) is 0 Å². The Kier molecular flexibility index (Phi) is 51.6. The highest BCUT2D eigenvalue weighted by Gasteiger charge is 2.27. The van der Waals surface area contributed by atoms with Crippen LogP contribution >= 0.6 is 7.82 Å². The number of quaternary nitrogens is 1. The van der Waals surface area contributed by atoms with Gasteiger partial charge in [0.25, 0.3) is 0 Å². The Hall–Kier alpha value is -3.59. The molecule has 0 rings (SSSR count). The van der Waals surface area contributed by atoms with Gasteiger partial charge in [-0.05, 0) is 89.9 Å². The number of rotatable bonds is 52. The molecule has 0 bridgehead atoms. The molecule has 0 radical (unpaired) electrons. The number of phosphoric acid groups is 1. The summed E-state index contributed by atoms with van der Waals surface area (Å²) in [5.74, 6) is -0.810. The van der Waals surface area contributed by atoms with Gasteiger partial charge >= 0.3 is 19.8 Å². The first-order chi connectivity index (χ1) is 36.0. The molecule has 0 saturated heterocycles. The lowest BCUT2D eigenvalue weighted by molar-refractivity contribution is -0.870. The molecule has 0 aromatic heterocycles. The van der Waals surface area contributed by atoms with Crippen molar-refractivity contribution in [1.29, 1.82) is 0 Å². The summed E-state index contributed by atoms with van der Waals surface area (Å²) in [6.45, 7) is 4.27. The molecular weight excluding hydrogens is 942 g/mol. The van der Waals surface area contributed by atoms with E-state index in [0.29, 0.717) is 17.4 Å². The van der Waals surface area contributed by atoms with Gasteiger partial charge in [-0.3, -0.25) is 18.6 Å². The number of nitrogens with zero attached hydrogens (tertiary/aromatic N) is 1. The Morgan fingerprint density at radius 1 is 0.432 bits per heavy atom. The molecule has 0 aromatic carbocycles. The Balaban J connectivity index is 4.02. The van der Waals surface area contributed by atoms with Crippen molar-refractivity contribution >= 4 is 19.8 Å². The summed E-state index contributed by atoms with van der Waals surface area (Å²) in [7, 11) is 1.46. The van der Waals surface area contributed by atoms with Gasteiger partial charge in [-0.1, -0.05) is 238 Å². The van der Waals surface area contributed by atoms with Gasteiger partial charge in [0.15, 0.2) is 6.10 Å². The third kappa shape index (κ3) is 57.7. The van der Waals surface area contributed by atoms with Crippen molar-refractivity contribution in [3.05, 3.63) is 122 Å². The topological polar surface area (TPSA) is 108 Å². The van der Waals surface area contributed by atoms with Crippen molar-refractivity contribution in [2.24, 2.45) is 0 Å². The highest BCUT2D eigenvalue weighted by Crippen LogP contribution is 2.43. The third-order valence-electron chi connectivity index (χ3n) is 12.0. The monoisotopic (exact) mass is 1050 g/mol. The second-order valence-corrected chi connectivity index (χ2v) is 21.8. The van der Waals surface area contributed by atoms with Crippen LogP contribution < -0.4 is 0 Å². The zero-order chi connectivity index (χ0) is 54.2. The Labute approximate surface area is 454 Å². The number of hydrogen-bond acceptors (Lipinski definition) is 7. The van der Waals surface area contributed by atoms with Crippen LogP contribution in [-0.4, -0.2) is 74.9 Å². The van der Waals surface area contributed by atoms with Gasteiger partial charge in [0.05, 0.1) is 27.7 Å². The van der Waals surface area contributed by atoms with Crippen LogP contribution in [0.2, 0.25) is 0 Å². The van der Waals surface area contributed by atoms with Crippen molar-refractivity contribution in [3.63, 3.8) is 0 Å². The van der Waals surface area contributed by atoms with E-state index in [1.165, 1.54) is 77.0 Å². The van der Waals surface area contributed by atoms with E-state index in [-0.39, 0.29) is 32.0 Å². The lowest BCUT2D eigenvalue weighted by Gasteiger charge is -2.24. The van der Waals surface area contributed by atoms with E-state index >= 15 is 0 Å². The van der Waals surface area contributed by atoms with Crippen LogP contribution in [0.3, 0.4) is 0 Å². The summed E-state index contributed by atoms with van der Waals surface area (Å²) in [4.78, 5) is 35.4. The predicted molar refractivity (Wildman–Crippen MR) is 316 cm³/mol. The van der Waals surface area contributed by atoms with Crippen LogP contribution in [0.15, 0.2) is 122 Å². The molecule has 0 heterocycles. The molecular formula is C64H109NO8P+. The number of ether oxygens (including phenoxy) is 2. The average Bonchev–Trinajstić information content (AvgIpc) is 3.36. The number of unbranched alkanes of at least 4 members (excludes halogenated alkanes) is 18. The summed E-state index contributed by atoms with van der Waals surface area (Å²) in [5.41, 5.74) is 0. The first-order valence-electron chi connectivity index (χ1n) is 29.3. The van der Waals surface area contributed by atoms with E-state index in [4.69, 9.17) is 18.5 Å². The Morgan fingerprint density at radius 2 is 0.770 bits per heavy atom. The molecule has 0 spiro atoms. The first-order valence-corrected chi connectivity index (χ1v) is 30.8. The molecule has 0 fully saturated rings. The van der Waals surface area contributed by atoms with Crippen LogP contribution in [0.1, 0.15) is 219 Å². The Bertz CT molecular complexity index is 1660. The van der Waals surface area contributed by atoms with Crippen molar-refractivity contribution in [2.45, 2.75) is 225 Å². The number of hydrogen-bond donors (Lipinski definition) is 1.